The summed E-state index contributed by atoms with van der Waals surface area (Å²) in [5.74, 6) is -0.711. The monoisotopic (exact) mass is 255 g/mol. The van der Waals surface area contributed by atoms with Crippen LogP contribution in [0.3, 0.4) is 0 Å². The summed E-state index contributed by atoms with van der Waals surface area (Å²) in [7, 11) is 0. The van der Waals surface area contributed by atoms with Crippen molar-refractivity contribution in [2.45, 2.75) is 82.6 Å². The lowest BCUT2D eigenvalue weighted by molar-refractivity contribution is -0.152. The first kappa shape index (κ1) is 13.8. The Morgan fingerprint density at radius 1 is 1.33 bits per heavy atom. The molecule has 4 heteroatoms. The zero-order chi connectivity index (χ0) is 13.4. The molecule has 104 valence electrons. The number of hydrogen-bond acceptors (Lipinski definition) is 3. The predicted octanol–water partition coefficient (Wildman–Crippen LogP) is 2.32. The van der Waals surface area contributed by atoms with Gasteiger partial charge in [0.1, 0.15) is 5.54 Å². The largest absolute Gasteiger partial charge is 0.480 e. The van der Waals surface area contributed by atoms with Crippen LogP contribution in [-0.2, 0) is 9.53 Å². The molecule has 0 aromatic carbocycles. The number of ether oxygens (including phenoxy) is 1. The van der Waals surface area contributed by atoms with Gasteiger partial charge in [0.15, 0.2) is 0 Å². The van der Waals surface area contributed by atoms with Crippen molar-refractivity contribution in [3.8, 4) is 0 Å². The van der Waals surface area contributed by atoms with E-state index >= 15 is 0 Å². The maximum absolute atomic E-state index is 11.6. The second-order valence-corrected chi connectivity index (χ2v) is 6.75. The second-order valence-electron chi connectivity index (χ2n) is 6.75. The fraction of sp³-hybridized carbons (Fsp3) is 0.929. The van der Waals surface area contributed by atoms with Crippen LogP contribution in [0.15, 0.2) is 0 Å². The molecule has 0 bridgehead atoms. The lowest BCUT2D eigenvalue weighted by atomic mass is 9.79. The number of carboxylic acids is 1. The van der Waals surface area contributed by atoms with Crippen LogP contribution >= 0.6 is 0 Å². The summed E-state index contributed by atoms with van der Waals surface area (Å²) in [4.78, 5) is 11.6. The molecule has 0 amide bonds. The summed E-state index contributed by atoms with van der Waals surface area (Å²) in [5, 5.41) is 12.9. The van der Waals surface area contributed by atoms with E-state index in [1.807, 2.05) is 20.8 Å². The SMILES string of the molecule is CC(C)(C)OC1CCCC(NC2CC2)(C(=O)O)C1. The number of rotatable bonds is 4. The third-order valence-corrected chi connectivity index (χ3v) is 3.69. The average Bonchev–Trinajstić information content (AvgIpc) is 2.99. The van der Waals surface area contributed by atoms with E-state index in [9.17, 15) is 9.90 Å². The van der Waals surface area contributed by atoms with E-state index in [0.717, 1.165) is 32.1 Å². The first-order chi connectivity index (χ1) is 8.31. The normalized spacial score (nSPS) is 33.4. The summed E-state index contributed by atoms with van der Waals surface area (Å²) in [6.45, 7) is 6.08. The Morgan fingerprint density at radius 2 is 2.00 bits per heavy atom. The molecule has 2 fully saturated rings. The number of hydrogen-bond donors (Lipinski definition) is 2. The molecule has 4 nitrogen and oxygen atoms in total. The highest BCUT2D eigenvalue weighted by Gasteiger charge is 2.46. The van der Waals surface area contributed by atoms with Crippen LogP contribution in [0.5, 0.6) is 0 Å². The van der Waals surface area contributed by atoms with Gasteiger partial charge in [0.05, 0.1) is 11.7 Å². The maximum atomic E-state index is 11.6. The van der Waals surface area contributed by atoms with Gasteiger partial charge in [-0.25, -0.2) is 0 Å². The molecule has 0 heterocycles. The lowest BCUT2D eigenvalue weighted by Crippen LogP contribution is -2.57. The summed E-state index contributed by atoms with van der Waals surface area (Å²) in [6.07, 6.45) is 5.49. The Labute approximate surface area is 109 Å². The van der Waals surface area contributed by atoms with E-state index in [0.29, 0.717) is 12.5 Å². The van der Waals surface area contributed by atoms with Gasteiger partial charge in [-0.15, -0.1) is 0 Å². The quantitative estimate of drug-likeness (QED) is 0.809. The molecule has 2 atom stereocenters. The number of carbonyl (C=O) groups is 1. The maximum Gasteiger partial charge on any atom is 0.324 e. The molecule has 18 heavy (non-hydrogen) atoms. The molecular formula is C14H25NO3. The molecule has 0 saturated heterocycles. The van der Waals surface area contributed by atoms with Crippen molar-refractivity contribution < 1.29 is 14.6 Å². The number of carboxylic acid groups (broad SMARTS) is 1. The fourth-order valence-corrected chi connectivity index (χ4v) is 2.83. The molecule has 0 aromatic rings. The molecule has 0 aromatic heterocycles. The third kappa shape index (κ3) is 3.45. The first-order valence-electron chi connectivity index (χ1n) is 7.00. The highest BCUT2D eigenvalue weighted by molar-refractivity contribution is 5.79. The Morgan fingerprint density at radius 3 is 2.50 bits per heavy atom. The molecular weight excluding hydrogens is 230 g/mol. The molecule has 2 rings (SSSR count). The van der Waals surface area contributed by atoms with Crippen LogP contribution in [-0.4, -0.2) is 34.4 Å². The van der Waals surface area contributed by atoms with E-state index in [1.54, 1.807) is 0 Å². The minimum absolute atomic E-state index is 0.0566. The van der Waals surface area contributed by atoms with Gasteiger partial charge in [-0.05, 0) is 52.9 Å². The molecule has 0 aliphatic heterocycles. The van der Waals surface area contributed by atoms with Crippen molar-refractivity contribution in [2.24, 2.45) is 0 Å². The van der Waals surface area contributed by atoms with E-state index in [2.05, 4.69) is 5.32 Å². The van der Waals surface area contributed by atoms with Crippen LogP contribution in [0.4, 0.5) is 0 Å². The Kier molecular flexibility index (Phi) is 3.70. The van der Waals surface area contributed by atoms with Gasteiger partial charge in [-0.1, -0.05) is 0 Å². The van der Waals surface area contributed by atoms with Gasteiger partial charge in [0.2, 0.25) is 0 Å². The summed E-state index contributed by atoms with van der Waals surface area (Å²) >= 11 is 0. The van der Waals surface area contributed by atoms with Gasteiger partial charge < -0.3 is 9.84 Å². The van der Waals surface area contributed by atoms with Crippen molar-refractivity contribution in [1.82, 2.24) is 5.32 Å². The van der Waals surface area contributed by atoms with Gasteiger partial charge in [0, 0.05) is 12.5 Å². The van der Waals surface area contributed by atoms with E-state index in [1.165, 1.54) is 0 Å². The first-order valence-corrected chi connectivity index (χ1v) is 7.00. The Balaban J connectivity index is 2.03. The van der Waals surface area contributed by atoms with Gasteiger partial charge >= 0.3 is 5.97 Å². The van der Waals surface area contributed by atoms with Crippen LogP contribution in [0.1, 0.15) is 59.3 Å². The zero-order valence-electron chi connectivity index (χ0n) is 11.7. The van der Waals surface area contributed by atoms with Crippen molar-refractivity contribution >= 4 is 5.97 Å². The minimum Gasteiger partial charge on any atom is -0.480 e. The van der Waals surface area contributed by atoms with Crippen molar-refractivity contribution in [3.05, 3.63) is 0 Å². The minimum atomic E-state index is -0.755. The molecule has 0 spiro atoms. The topological polar surface area (TPSA) is 58.6 Å². The molecule has 2 aliphatic rings. The van der Waals surface area contributed by atoms with Crippen LogP contribution in [0.2, 0.25) is 0 Å². The van der Waals surface area contributed by atoms with E-state index < -0.39 is 11.5 Å². The Bertz CT molecular complexity index is 319. The molecule has 2 N–H and O–H groups in total. The summed E-state index contributed by atoms with van der Waals surface area (Å²) in [5.41, 5.74) is -0.957. The van der Waals surface area contributed by atoms with Crippen LogP contribution in [0.25, 0.3) is 0 Å². The van der Waals surface area contributed by atoms with Crippen molar-refractivity contribution in [1.29, 1.82) is 0 Å². The number of aliphatic carboxylic acids is 1. The fourth-order valence-electron chi connectivity index (χ4n) is 2.83. The smallest absolute Gasteiger partial charge is 0.324 e. The average molecular weight is 255 g/mol. The molecule has 2 unspecified atom stereocenters. The highest BCUT2D eigenvalue weighted by atomic mass is 16.5. The number of nitrogens with one attached hydrogen (secondary N) is 1. The van der Waals surface area contributed by atoms with Crippen LogP contribution < -0.4 is 5.32 Å². The third-order valence-electron chi connectivity index (χ3n) is 3.69. The zero-order valence-corrected chi connectivity index (χ0v) is 11.7. The van der Waals surface area contributed by atoms with Crippen molar-refractivity contribution in [2.75, 3.05) is 0 Å². The second kappa shape index (κ2) is 4.82. The standard InChI is InChI=1S/C14H25NO3/c1-13(2,3)18-11-5-4-8-14(9-11,12(16)17)15-10-6-7-10/h10-11,15H,4-9H2,1-3H3,(H,16,17). The Hall–Kier alpha value is -0.610. The molecule has 0 radical (unpaired) electrons. The highest BCUT2D eigenvalue weighted by Crippen LogP contribution is 2.35. The van der Waals surface area contributed by atoms with Crippen LogP contribution in [0, 0.1) is 0 Å². The lowest BCUT2D eigenvalue weighted by Gasteiger charge is -2.40. The summed E-state index contributed by atoms with van der Waals surface area (Å²) < 4.78 is 5.98. The van der Waals surface area contributed by atoms with E-state index in [4.69, 9.17) is 4.74 Å². The van der Waals surface area contributed by atoms with Crippen molar-refractivity contribution in [3.63, 3.8) is 0 Å². The van der Waals surface area contributed by atoms with Gasteiger partial charge in [-0.3, -0.25) is 10.1 Å². The predicted molar refractivity (Wildman–Crippen MR) is 69.6 cm³/mol. The molecule has 2 aliphatic carbocycles. The van der Waals surface area contributed by atoms with E-state index in [-0.39, 0.29) is 11.7 Å². The molecule has 2 saturated carbocycles. The van der Waals surface area contributed by atoms with Gasteiger partial charge in [0.25, 0.3) is 0 Å². The van der Waals surface area contributed by atoms with Gasteiger partial charge in [-0.2, -0.15) is 0 Å². The summed E-state index contributed by atoms with van der Waals surface area (Å²) in [6, 6.07) is 0.412.